The zero-order valence-corrected chi connectivity index (χ0v) is 7.18. The topological polar surface area (TPSA) is 104 Å². The average Bonchev–Trinajstić information content (AvgIpc) is 2.03. The third kappa shape index (κ3) is 2.35. The molecule has 1 rings (SSSR count). The van der Waals surface area contributed by atoms with Crippen LogP contribution in [0.5, 0.6) is 0 Å². The van der Waals surface area contributed by atoms with E-state index in [-0.39, 0.29) is 5.69 Å². The molecule has 1 aromatic rings. The highest BCUT2D eigenvalue weighted by Crippen LogP contribution is 2.28. The van der Waals surface area contributed by atoms with Gasteiger partial charge in [0, 0.05) is 17.4 Å². The van der Waals surface area contributed by atoms with E-state index in [9.17, 15) is 19.6 Å². The summed E-state index contributed by atoms with van der Waals surface area (Å²) in [5.74, 6) is 0. The first-order valence-corrected chi connectivity index (χ1v) is 4.78. The van der Waals surface area contributed by atoms with Crippen LogP contribution in [-0.2, 0) is 4.57 Å². The number of hydrogen-bond donors (Lipinski definition) is 1. The largest absolute Gasteiger partial charge is 0.775 e. The zero-order valence-electron chi connectivity index (χ0n) is 6.28. The molecule has 0 radical (unpaired) electrons. The summed E-state index contributed by atoms with van der Waals surface area (Å²) in [5, 5.41) is 9.76. The molecule has 1 unspecified atom stereocenters. The summed E-state index contributed by atoms with van der Waals surface area (Å²) in [6, 6.07) is 4.21. The first-order chi connectivity index (χ1) is 5.91. The number of benzene rings is 1. The molecule has 0 aliphatic heterocycles. The minimum absolute atomic E-state index is 0.373. The molecule has 0 aliphatic rings. The van der Waals surface area contributed by atoms with Gasteiger partial charge in [0.2, 0.25) is 0 Å². The van der Waals surface area contributed by atoms with Gasteiger partial charge in [0.25, 0.3) is 5.69 Å². The Bertz CT molecular complexity index is 384. The molecule has 0 saturated heterocycles. The Morgan fingerprint density at radius 3 is 2.54 bits per heavy atom. The molecule has 0 heterocycles. The summed E-state index contributed by atoms with van der Waals surface area (Å²) >= 11 is 0. The fourth-order valence-corrected chi connectivity index (χ4v) is 1.35. The van der Waals surface area contributed by atoms with Crippen molar-refractivity contribution in [2.45, 2.75) is 0 Å². The Morgan fingerprint density at radius 2 is 2.08 bits per heavy atom. The zero-order chi connectivity index (χ0) is 10.1. The van der Waals surface area contributed by atoms with Gasteiger partial charge in [-0.1, -0.05) is 6.07 Å². The number of nitrogens with zero attached hydrogens (tertiary/aromatic N) is 1. The van der Waals surface area contributed by atoms with Crippen molar-refractivity contribution in [3.8, 4) is 0 Å². The van der Waals surface area contributed by atoms with Crippen LogP contribution in [-0.4, -0.2) is 9.82 Å². The van der Waals surface area contributed by atoms with E-state index in [0.717, 1.165) is 18.2 Å². The van der Waals surface area contributed by atoms with E-state index >= 15 is 0 Å². The molecular weight excluding hydrogens is 197 g/mol. The molecule has 13 heavy (non-hydrogen) atoms. The number of non-ortho nitro benzene ring substituents is 1. The van der Waals surface area contributed by atoms with Crippen molar-refractivity contribution in [1.29, 1.82) is 0 Å². The van der Waals surface area contributed by atoms with Crippen LogP contribution in [0.2, 0.25) is 0 Å². The summed E-state index contributed by atoms with van der Waals surface area (Å²) < 4.78 is 10.6. The van der Waals surface area contributed by atoms with Gasteiger partial charge >= 0.3 is 0 Å². The van der Waals surface area contributed by atoms with Gasteiger partial charge in [-0.25, -0.2) is 0 Å². The van der Waals surface area contributed by atoms with Gasteiger partial charge in [0.15, 0.2) is 7.60 Å². The third-order valence-corrected chi connectivity index (χ3v) is 2.30. The van der Waals surface area contributed by atoms with Crippen LogP contribution in [0.15, 0.2) is 24.3 Å². The Kier molecular flexibility index (Phi) is 2.47. The normalized spacial score (nSPS) is 14.9. The highest BCUT2D eigenvalue weighted by atomic mass is 31.2. The van der Waals surface area contributed by atoms with E-state index in [0.29, 0.717) is 0 Å². The molecule has 0 bridgehead atoms. The first kappa shape index (κ1) is 9.85. The van der Waals surface area contributed by atoms with Crippen LogP contribution in [0.4, 0.5) is 5.69 Å². The fraction of sp³-hybridized carbons (Fsp3) is 0. The summed E-state index contributed by atoms with van der Waals surface area (Å²) in [6.07, 6.45) is 0. The van der Waals surface area contributed by atoms with Gasteiger partial charge in [0.05, 0.1) is 4.92 Å². The number of rotatable bonds is 2. The summed E-state index contributed by atoms with van der Waals surface area (Å²) in [6.45, 7) is 0. The highest BCUT2D eigenvalue weighted by Gasteiger charge is 2.11. The van der Waals surface area contributed by atoms with E-state index in [4.69, 9.17) is 4.89 Å². The Hall–Kier alpha value is -1.23. The molecule has 0 fully saturated rings. The van der Waals surface area contributed by atoms with E-state index in [1.165, 1.54) is 6.07 Å². The second kappa shape index (κ2) is 3.26. The van der Waals surface area contributed by atoms with Gasteiger partial charge in [-0.3, -0.25) is 10.1 Å². The summed E-state index contributed by atoms with van der Waals surface area (Å²) in [7, 11) is -4.64. The average molecular weight is 202 g/mol. The van der Waals surface area contributed by atoms with Crippen molar-refractivity contribution < 1.29 is 19.3 Å². The first-order valence-electron chi connectivity index (χ1n) is 3.20. The van der Waals surface area contributed by atoms with E-state index in [1.54, 1.807) is 0 Å². The maximum absolute atomic E-state index is 10.6. The van der Waals surface area contributed by atoms with Gasteiger partial charge in [-0.15, -0.1) is 0 Å². The number of hydrogen-bond acceptors (Lipinski definition) is 4. The van der Waals surface area contributed by atoms with Crippen LogP contribution in [0.1, 0.15) is 0 Å². The van der Waals surface area contributed by atoms with Crippen LogP contribution in [0.3, 0.4) is 0 Å². The summed E-state index contributed by atoms with van der Waals surface area (Å²) in [4.78, 5) is 28.6. The predicted octanol–water partition coefficient (Wildman–Crippen LogP) is -0.234. The lowest BCUT2D eigenvalue weighted by Gasteiger charge is -2.14. The monoisotopic (exact) mass is 202 g/mol. The number of nitro groups is 1. The maximum atomic E-state index is 10.6. The Morgan fingerprint density at radius 1 is 1.46 bits per heavy atom. The quantitative estimate of drug-likeness (QED) is 0.405. The van der Waals surface area contributed by atoms with Gasteiger partial charge < -0.3 is 14.4 Å². The van der Waals surface area contributed by atoms with Crippen LogP contribution < -0.4 is 10.2 Å². The van der Waals surface area contributed by atoms with Crippen molar-refractivity contribution in [2.75, 3.05) is 0 Å². The van der Waals surface area contributed by atoms with Crippen molar-refractivity contribution in [3.05, 3.63) is 34.4 Å². The fourth-order valence-electron chi connectivity index (χ4n) is 0.782. The molecule has 0 saturated carbocycles. The minimum Gasteiger partial charge on any atom is -0.775 e. The van der Waals surface area contributed by atoms with Crippen LogP contribution in [0, 0.1) is 10.1 Å². The number of nitro benzene ring substituents is 1. The standard InChI is InChI=1S/C6H6NO5P/c8-7(9)5-2-1-3-6(4-5)13(10,11)12/h1-4H,(H2,10,11,12)/p-1. The molecule has 0 spiro atoms. The molecule has 0 amide bonds. The van der Waals surface area contributed by atoms with Crippen molar-refractivity contribution in [2.24, 2.45) is 0 Å². The van der Waals surface area contributed by atoms with E-state index in [1.807, 2.05) is 0 Å². The molecular formula is C6H5NO5P-. The van der Waals surface area contributed by atoms with Gasteiger partial charge in [-0.2, -0.15) is 0 Å². The molecule has 1 N–H and O–H groups in total. The van der Waals surface area contributed by atoms with Crippen LogP contribution >= 0.6 is 7.60 Å². The molecule has 1 aromatic carbocycles. The third-order valence-electron chi connectivity index (χ3n) is 1.37. The highest BCUT2D eigenvalue weighted by molar-refractivity contribution is 7.58. The van der Waals surface area contributed by atoms with Crippen molar-refractivity contribution >= 4 is 18.6 Å². The lowest BCUT2D eigenvalue weighted by molar-refractivity contribution is -0.384. The van der Waals surface area contributed by atoms with Crippen molar-refractivity contribution in [3.63, 3.8) is 0 Å². The van der Waals surface area contributed by atoms with E-state index in [2.05, 4.69) is 0 Å². The molecule has 6 nitrogen and oxygen atoms in total. The molecule has 0 aliphatic carbocycles. The minimum atomic E-state index is -4.64. The van der Waals surface area contributed by atoms with Crippen molar-refractivity contribution in [1.82, 2.24) is 0 Å². The molecule has 0 aromatic heterocycles. The van der Waals surface area contributed by atoms with Crippen LogP contribution in [0.25, 0.3) is 0 Å². The molecule has 7 heteroatoms. The SMILES string of the molecule is O=[N+]([O-])c1cccc(P(=O)([O-])O)c1. The Labute approximate surface area is 73.1 Å². The lowest BCUT2D eigenvalue weighted by atomic mass is 10.3. The second-order valence-corrected chi connectivity index (χ2v) is 3.85. The van der Waals surface area contributed by atoms with Gasteiger partial charge in [-0.05, 0) is 6.07 Å². The Balaban J connectivity index is 3.21. The molecule has 1 atom stereocenters. The lowest BCUT2D eigenvalue weighted by Crippen LogP contribution is -2.14. The predicted molar refractivity (Wildman–Crippen MR) is 42.6 cm³/mol. The second-order valence-electron chi connectivity index (χ2n) is 2.30. The maximum Gasteiger partial charge on any atom is 0.270 e. The van der Waals surface area contributed by atoms with Gasteiger partial charge in [0.1, 0.15) is 0 Å². The molecule has 70 valence electrons. The summed E-state index contributed by atoms with van der Waals surface area (Å²) in [5.41, 5.74) is -0.373. The smallest absolute Gasteiger partial charge is 0.270 e. The van der Waals surface area contributed by atoms with E-state index < -0.39 is 17.8 Å².